The Morgan fingerprint density at radius 1 is 1.36 bits per heavy atom. The average molecular weight is 148 g/mol. The summed E-state index contributed by atoms with van der Waals surface area (Å²) < 4.78 is 0. The van der Waals surface area contributed by atoms with Gasteiger partial charge in [0.1, 0.15) is 0 Å². The van der Waals surface area contributed by atoms with Crippen molar-refractivity contribution in [3.05, 3.63) is 29.3 Å². The molecule has 0 heterocycles. The third-order valence-electron chi connectivity index (χ3n) is 2.29. The second-order valence-electron chi connectivity index (χ2n) is 3.10. The maximum absolute atomic E-state index is 5.86. The summed E-state index contributed by atoms with van der Waals surface area (Å²) >= 11 is 0. The number of hydrogen-bond donors (Lipinski definition) is 2. The quantitative estimate of drug-likeness (QED) is 0.543. The maximum atomic E-state index is 5.86. The van der Waals surface area contributed by atoms with Crippen LogP contribution in [-0.4, -0.2) is 0 Å². The van der Waals surface area contributed by atoms with Gasteiger partial charge in [-0.25, -0.2) is 0 Å². The fraction of sp³-hybridized carbons (Fsp3) is 0.333. The summed E-state index contributed by atoms with van der Waals surface area (Å²) in [6.45, 7) is 0. The molecule has 0 aliphatic heterocycles. The first-order chi connectivity index (χ1) is 5.27. The number of nitrogen functional groups attached to an aromatic ring is 1. The van der Waals surface area contributed by atoms with E-state index in [4.69, 9.17) is 11.5 Å². The molecule has 1 unspecified atom stereocenters. The van der Waals surface area contributed by atoms with Crippen molar-refractivity contribution in [1.29, 1.82) is 0 Å². The third kappa shape index (κ3) is 0.994. The highest BCUT2D eigenvalue weighted by atomic mass is 14.7. The molecule has 0 amide bonds. The van der Waals surface area contributed by atoms with Gasteiger partial charge >= 0.3 is 0 Å². The molecule has 0 saturated heterocycles. The number of rotatable bonds is 0. The second kappa shape index (κ2) is 2.24. The van der Waals surface area contributed by atoms with Crippen molar-refractivity contribution in [3.8, 4) is 0 Å². The number of aryl methyl sites for hydroxylation is 1. The highest BCUT2D eigenvalue weighted by Gasteiger charge is 2.18. The zero-order chi connectivity index (χ0) is 7.84. The number of fused-ring (bicyclic) bond motifs is 1. The SMILES string of the molecule is Nc1ccc2c(c1)C(N)CC2. The van der Waals surface area contributed by atoms with Crippen LogP contribution in [0.2, 0.25) is 0 Å². The molecule has 11 heavy (non-hydrogen) atoms. The Hall–Kier alpha value is -1.02. The van der Waals surface area contributed by atoms with E-state index in [2.05, 4.69) is 6.07 Å². The molecule has 2 heteroatoms. The van der Waals surface area contributed by atoms with Crippen molar-refractivity contribution in [3.63, 3.8) is 0 Å². The first-order valence-electron chi connectivity index (χ1n) is 3.91. The van der Waals surface area contributed by atoms with Crippen LogP contribution in [0.15, 0.2) is 18.2 Å². The van der Waals surface area contributed by atoms with E-state index in [9.17, 15) is 0 Å². The number of anilines is 1. The van der Waals surface area contributed by atoms with E-state index in [1.54, 1.807) is 0 Å². The Morgan fingerprint density at radius 2 is 2.18 bits per heavy atom. The van der Waals surface area contributed by atoms with Crippen molar-refractivity contribution in [2.75, 3.05) is 5.73 Å². The molecule has 4 N–H and O–H groups in total. The summed E-state index contributed by atoms with van der Waals surface area (Å²) in [6.07, 6.45) is 2.18. The van der Waals surface area contributed by atoms with Crippen molar-refractivity contribution in [2.45, 2.75) is 18.9 Å². The van der Waals surface area contributed by atoms with Gasteiger partial charge in [-0.3, -0.25) is 0 Å². The Labute approximate surface area is 66.2 Å². The van der Waals surface area contributed by atoms with Crippen LogP contribution in [-0.2, 0) is 6.42 Å². The summed E-state index contributed by atoms with van der Waals surface area (Å²) in [5, 5.41) is 0. The zero-order valence-corrected chi connectivity index (χ0v) is 6.38. The second-order valence-corrected chi connectivity index (χ2v) is 3.10. The molecule has 0 fully saturated rings. The molecule has 0 radical (unpaired) electrons. The van der Waals surface area contributed by atoms with Gasteiger partial charge in [0.15, 0.2) is 0 Å². The molecule has 1 aliphatic rings. The van der Waals surface area contributed by atoms with Crippen molar-refractivity contribution in [1.82, 2.24) is 0 Å². The fourth-order valence-corrected chi connectivity index (χ4v) is 1.65. The predicted octanol–water partition coefficient (Wildman–Crippen LogP) is 1.21. The van der Waals surface area contributed by atoms with Gasteiger partial charge in [0.25, 0.3) is 0 Å². The number of hydrogen-bond acceptors (Lipinski definition) is 2. The van der Waals surface area contributed by atoms with Gasteiger partial charge in [-0.1, -0.05) is 6.07 Å². The van der Waals surface area contributed by atoms with E-state index in [1.807, 2.05) is 12.1 Å². The van der Waals surface area contributed by atoms with Crippen LogP contribution < -0.4 is 11.5 Å². The maximum Gasteiger partial charge on any atom is 0.0317 e. The molecule has 2 rings (SSSR count). The van der Waals surface area contributed by atoms with E-state index < -0.39 is 0 Å². The van der Waals surface area contributed by atoms with Crippen LogP contribution >= 0.6 is 0 Å². The minimum absolute atomic E-state index is 0.216. The third-order valence-corrected chi connectivity index (χ3v) is 2.29. The Kier molecular flexibility index (Phi) is 1.36. The molecule has 0 aromatic heterocycles. The summed E-state index contributed by atoms with van der Waals surface area (Å²) in [5.74, 6) is 0. The van der Waals surface area contributed by atoms with Crippen molar-refractivity contribution >= 4 is 5.69 Å². The largest absolute Gasteiger partial charge is 0.399 e. The van der Waals surface area contributed by atoms with Gasteiger partial charge in [0.2, 0.25) is 0 Å². The molecule has 2 nitrogen and oxygen atoms in total. The molecule has 0 saturated carbocycles. The summed E-state index contributed by atoms with van der Waals surface area (Å²) in [6, 6.07) is 6.23. The fourth-order valence-electron chi connectivity index (χ4n) is 1.65. The molecular weight excluding hydrogens is 136 g/mol. The van der Waals surface area contributed by atoms with Crippen molar-refractivity contribution in [2.24, 2.45) is 5.73 Å². The average Bonchev–Trinajstić information content (AvgIpc) is 2.33. The lowest BCUT2D eigenvalue weighted by Gasteiger charge is -2.04. The van der Waals surface area contributed by atoms with E-state index >= 15 is 0 Å². The molecular formula is C9H12N2. The topological polar surface area (TPSA) is 52.0 Å². The molecule has 1 aliphatic carbocycles. The van der Waals surface area contributed by atoms with Crippen LogP contribution in [0, 0.1) is 0 Å². The van der Waals surface area contributed by atoms with Crippen LogP contribution in [0.25, 0.3) is 0 Å². The lowest BCUT2D eigenvalue weighted by molar-refractivity contribution is 0.713. The number of nitrogens with two attached hydrogens (primary N) is 2. The van der Waals surface area contributed by atoms with E-state index in [-0.39, 0.29) is 6.04 Å². The Bertz CT molecular complexity index is 281. The summed E-state index contributed by atoms with van der Waals surface area (Å²) in [4.78, 5) is 0. The smallest absolute Gasteiger partial charge is 0.0317 e. The van der Waals surface area contributed by atoms with Gasteiger partial charge < -0.3 is 11.5 Å². The van der Waals surface area contributed by atoms with Crippen LogP contribution in [0.4, 0.5) is 5.69 Å². The summed E-state index contributed by atoms with van der Waals surface area (Å²) in [7, 11) is 0. The van der Waals surface area contributed by atoms with Gasteiger partial charge in [-0.05, 0) is 36.1 Å². The highest BCUT2D eigenvalue weighted by Crippen LogP contribution is 2.30. The number of benzene rings is 1. The van der Waals surface area contributed by atoms with Crippen LogP contribution in [0.1, 0.15) is 23.6 Å². The summed E-state index contributed by atoms with van der Waals surface area (Å²) in [5.41, 5.74) is 14.9. The highest BCUT2D eigenvalue weighted by molar-refractivity contribution is 5.47. The molecule has 0 bridgehead atoms. The Morgan fingerprint density at radius 3 is 3.00 bits per heavy atom. The monoisotopic (exact) mass is 148 g/mol. The predicted molar refractivity (Wildman–Crippen MR) is 46.1 cm³/mol. The minimum Gasteiger partial charge on any atom is -0.399 e. The molecule has 58 valence electrons. The van der Waals surface area contributed by atoms with Gasteiger partial charge in [-0.15, -0.1) is 0 Å². The standard InChI is InChI=1S/C9H12N2/c10-7-3-1-6-2-4-9(11)8(6)5-7/h1,3,5,9H,2,4,10-11H2. The molecule has 1 aromatic rings. The van der Waals surface area contributed by atoms with E-state index in [1.165, 1.54) is 11.1 Å². The lowest BCUT2D eigenvalue weighted by atomic mass is 10.1. The first-order valence-corrected chi connectivity index (χ1v) is 3.91. The van der Waals surface area contributed by atoms with E-state index in [0.29, 0.717) is 0 Å². The Balaban J connectivity index is 2.52. The molecule has 1 atom stereocenters. The molecule has 0 spiro atoms. The van der Waals surface area contributed by atoms with Gasteiger partial charge in [0.05, 0.1) is 0 Å². The minimum atomic E-state index is 0.216. The van der Waals surface area contributed by atoms with Crippen LogP contribution in [0.5, 0.6) is 0 Å². The first kappa shape index (κ1) is 6.68. The normalized spacial score (nSPS) is 21.7. The lowest BCUT2D eigenvalue weighted by Crippen LogP contribution is -2.05. The van der Waals surface area contributed by atoms with Crippen LogP contribution in [0.3, 0.4) is 0 Å². The van der Waals surface area contributed by atoms with Crippen molar-refractivity contribution < 1.29 is 0 Å². The zero-order valence-electron chi connectivity index (χ0n) is 6.38. The molecule has 1 aromatic carbocycles. The van der Waals surface area contributed by atoms with Gasteiger partial charge in [0, 0.05) is 11.7 Å². The van der Waals surface area contributed by atoms with E-state index in [0.717, 1.165) is 18.5 Å². The van der Waals surface area contributed by atoms with Gasteiger partial charge in [-0.2, -0.15) is 0 Å².